The van der Waals surface area contributed by atoms with Crippen molar-refractivity contribution in [2.45, 2.75) is 12.8 Å². The van der Waals surface area contributed by atoms with Crippen LogP contribution >= 0.6 is 0 Å². The number of nitrogens with one attached hydrogen (secondary N) is 1. The number of carbonyl (C=O) groups excluding carboxylic acids is 1. The lowest BCUT2D eigenvalue weighted by Crippen LogP contribution is -2.29. The van der Waals surface area contributed by atoms with Crippen LogP contribution in [0.25, 0.3) is 0 Å². The standard InChI is InChI=1S/C17H20N2O6/c20-15-2-1-12(8-16(15)21)24-6-4-13-7-14(19-25-13)17(22)18-9-11-3-5-23-10-11/h1-2,7-8,11,20-21H,3-6,9-10H2,(H,18,22). The number of ether oxygens (including phenoxy) is 2. The topological polar surface area (TPSA) is 114 Å². The summed E-state index contributed by atoms with van der Waals surface area (Å²) in [6, 6.07) is 5.79. The molecule has 25 heavy (non-hydrogen) atoms. The molecule has 1 saturated heterocycles. The summed E-state index contributed by atoms with van der Waals surface area (Å²) in [5.41, 5.74) is 0.233. The number of rotatable bonds is 7. The number of phenols is 2. The summed E-state index contributed by atoms with van der Waals surface area (Å²) in [5, 5.41) is 25.2. The van der Waals surface area contributed by atoms with Gasteiger partial charge in [-0.05, 0) is 18.6 Å². The Morgan fingerprint density at radius 1 is 1.32 bits per heavy atom. The van der Waals surface area contributed by atoms with Gasteiger partial charge in [0.2, 0.25) is 0 Å². The summed E-state index contributed by atoms with van der Waals surface area (Å²) in [4.78, 5) is 12.0. The predicted octanol–water partition coefficient (Wildman–Crippen LogP) is 1.47. The Balaban J connectivity index is 1.44. The lowest BCUT2D eigenvalue weighted by molar-refractivity contribution is 0.0936. The second-order valence-corrected chi connectivity index (χ2v) is 5.87. The smallest absolute Gasteiger partial charge is 0.273 e. The zero-order valence-electron chi connectivity index (χ0n) is 13.6. The quantitative estimate of drug-likeness (QED) is 0.649. The van der Waals surface area contributed by atoms with Crippen molar-refractivity contribution in [3.63, 3.8) is 0 Å². The molecule has 1 amide bonds. The van der Waals surface area contributed by atoms with Crippen molar-refractivity contribution >= 4 is 5.91 Å². The highest BCUT2D eigenvalue weighted by molar-refractivity contribution is 5.92. The molecule has 0 bridgehead atoms. The summed E-state index contributed by atoms with van der Waals surface area (Å²) in [6.45, 7) is 2.26. The first-order valence-electron chi connectivity index (χ1n) is 8.08. The average Bonchev–Trinajstić information content (AvgIpc) is 3.28. The fourth-order valence-electron chi connectivity index (χ4n) is 2.47. The summed E-state index contributed by atoms with van der Waals surface area (Å²) in [6.07, 6.45) is 1.37. The van der Waals surface area contributed by atoms with Crippen LogP contribution in [-0.2, 0) is 11.2 Å². The van der Waals surface area contributed by atoms with E-state index in [1.165, 1.54) is 12.1 Å². The van der Waals surface area contributed by atoms with Gasteiger partial charge in [0.15, 0.2) is 17.2 Å². The van der Waals surface area contributed by atoms with Crippen LogP contribution in [0.2, 0.25) is 0 Å². The van der Waals surface area contributed by atoms with Crippen molar-refractivity contribution < 1.29 is 29.0 Å². The third-order valence-electron chi connectivity index (χ3n) is 3.93. The van der Waals surface area contributed by atoms with E-state index in [4.69, 9.17) is 14.0 Å². The fourth-order valence-corrected chi connectivity index (χ4v) is 2.47. The van der Waals surface area contributed by atoms with E-state index >= 15 is 0 Å². The Hall–Kier alpha value is -2.74. The second-order valence-electron chi connectivity index (χ2n) is 5.87. The number of phenolic OH excluding ortho intramolecular Hbond substituents is 2. The van der Waals surface area contributed by atoms with Gasteiger partial charge < -0.3 is 29.5 Å². The molecule has 0 radical (unpaired) electrons. The highest BCUT2D eigenvalue weighted by Crippen LogP contribution is 2.28. The van der Waals surface area contributed by atoms with E-state index in [0.717, 1.165) is 13.0 Å². The van der Waals surface area contributed by atoms with Gasteiger partial charge in [0, 0.05) is 37.6 Å². The highest BCUT2D eigenvalue weighted by atomic mass is 16.5. The molecule has 1 atom stereocenters. The minimum atomic E-state index is -0.272. The first-order valence-corrected chi connectivity index (χ1v) is 8.08. The number of carbonyl (C=O) groups is 1. The van der Waals surface area contributed by atoms with E-state index in [1.54, 1.807) is 12.1 Å². The molecular formula is C17H20N2O6. The normalized spacial score (nSPS) is 16.7. The lowest BCUT2D eigenvalue weighted by Gasteiger charge is -2.07. The molecule has 3 rings (SSSR count). The molecule has 1 fully saturated rings. The van der Waals surface area contributed by atoms with E-state index in [1.807, 2.05) is 0 Å². The van der Waals surface area contributed by atoms with Crippen LogP contribution in [0.15, 0.2) is 28.8 Å². The van der Waals surface area contributed by atoms with Crippen molar-refractivity contribution in [2.75, 3.05) is 26.4 Å². The highest BCUT2D eigenvalue weighted by Gasteiger charge is 2.18. The van der Waals surface area contributed by atoms with Gasteiger partial charge >= 0.3 is 0 Å². The maximum atomic E-state index is 12.0. The fraction of sp³-hybridized carbons (Fsp3) is 0.412. The molecule has 0 aliphatic carbocycles. The molecule has 1 aromatic carbocycles. The number of aromatic nitrogens is 1. The van der Waals surface area contributed by atoms with Crippen LogP contribution in [0.5, 0.6) is 17.2 Å². The van der Waals surface area contributed by atoms with Crippen molar-refractivity contribution in [1.29, 1.82) is 0 Å². The third-order valence-corrected chi connectivity index (χ3v) is 3.93. The van der Waals surface area contributed by atoms with Gasteiger partial charge in [-0.15, -0.1) is 0 Å². The minimum Gasteiger partial charge on any atom is -0.504 e. The third kappa shape index (κ3) is 4.63. The number of hydrogen-bond acceptors (Lipinski definition) is 7. The average molecular weight is 348 g/mol. The zero-order valence-corrected chi connectivity index (χ0v) is 13.6. The molecule has 2 heterocycles. The van der Waals surface area contributed by atoms with Gasteiger partial charge in [-0.2, -0.15) is 0 Å². The van der Waals surface area contributed by atoms with E-state index < -0.39 is 0 Å². The molecule has 1 unspecified atom stereocenters. The van der Waals surface area contributed by atoms with Crippen LogP contribution in [0.1, 0.15) is 22.7 Å². The molecule has 1 aliphatic heterocycles. The van der Waals surface area contributed by atoms with Gasteiger partial charge in [0.1, 0.15) is 11.5 Å². The number of aromatic hydroxyl groups is 2. The van der Waals surface area contributed by atoms with E-state index in [-0.39, 0.29) is 29.7 Å². The molecule has 8 heteroatoms. The molecule has 0 spiro atoms. The van der Waals surface area contributed by atoms with Crippen LogP contribution in [-0.4, -0.2) is 47.6 Å². The van der Waals surface area contributed by atoms with Crippen LogP contribution in [0.4, 0.5) is 0 Å². The predicted molar refractivity (Wildman–Crippen MR) is 86.7 cm³/mol. The Labute approximate surface area is 144 Å². The van der Waals surface area contributed by atoms with Crippen molar-refractivity contribution in [3.8, 4) is 17.2 Å². The summed E-state index contributed by atoms with van der Waals surface area (Å²) in [7, 11) is 0. The zero-order chi connectivity index (χ0) is 17.6. The molecule has 1 aromatic heterocycles. The van der Waals surface area contributed by atoms with Crippen molar-refractivity contribution in [2.24, 2.45) is 5.92 Å². The second kappa shape index (κ2) is 7.89. The molecule has 0 saturated carbocycles. The van der Waals surface area contributed by atoms with Crippen LogP contribution in [0.3, 0.4) is 0 Å². The Kier molecular flexibility index (Phi) is 5.39. The maximum absolute atomic E-state index is 12.0. The maximum Gasteiger partial charge on any atom is 0.273 e. The number of amides is 1. The SMILES string of the molecule is O=C(NCC1CCOC1)c1cc(CCOc2ccc(O)c(O)c2)on1. The minimum absolute atomic E-state index is 0.206. The Morgan fingerprint density at radius 2 is 2.20 bits per heavy atom. The number of benzene rings is 1. The van der Waals surface area contributed by atoms with Crippen molar-refractivity contribution in [3.05, 3.63) is 35.7 Å². The molecule has 8 nitrogen and oxygen atoms in total. The summed E-state index contributed by atoms with van der Waals surface area (Å²) < 4.78 is 15.9. The summed E-state index contributed by atoms with van der Waals surface area (Å²) >= 11 is 0. The largest absolute Gasteiger partial charge is 0.504 e. The van der Waals surface area contributed by atoms with Gasteiger partial charge in [0.05, 0.1) is 13.2 Å². The first kappa shape index (κ1) is 17.1. The van der Waals surface area contributed by atoms with E-state index in [9.17, 15) is 15.0 Å². The van der Waals surface area contributed by atoms with Gasteiger partial charge in [-0.1, -0.05) is 5.16 Å². The van der Waals surface area contributed by atoms with Crippen molar-refractivity contribution in [1.82, 2.24) is 10.5 Å². The van der Waals surface area contributed by atoms with E-state index in [2.05, 4.69) is 10.5 Å². The molecule has 134 valence electrons. The van der Waals surface area contributed by atoms with Gasteiger partial charge in [-0.25, -0.2) is 0 Å². The van der Waals surface area contributed by atoms with E-state index in [0.29, 0.717) is 37.0 Å². The Morgan fingerprint density at radius 3 is 2.96 bits per heavy atom. The lowest BCUT2D eigenvalue weighted by atomic mass is 10.1. The monoisotopic (exact) mass is 348 g/mol. The molecule has 2 aromatic rings. The van der Waals surface area contributed by atoms with Crippen LogP contribution in [0, 0.1) is 5.92 Å². The number of hydrogen-bond donors (Lipinski definition) is 3. The van der Waals surface area contributed by atoms with Crippen LogP contribution < -0.4 is 10.1 Å². The number of nitrogens with zero attached hydrogens (tertiary/aromatic N) is 1. The molecular weight excluding hydrogens is 328 g/mol. The molecule has 1 aliphatic rings. The first-order chi connectivity index (χ1) is 12.1. The van der Waals surface area contributed by atoms with Gasteiger partial charge in [0.25, 0.3) is 5.91 Å². The molecule has 3 N–H and O–H groups in total. The summed E-state index contributed by atoms with van der Waals surface area (Å²) in [5.74, 6) is 0.576. The van der Waals surface area contributed by atoms with Gasteiger partial charge in [-0.3, -0.25) is 4.79 Å². The Bertz CT molecular complexity index is 724.